The van der Waals surface area contributed by atoms with E-state index in [-0.39, 0.29) is 9.75 Å². The molecule has 0 saturated heterocycles. The Morgan fingerprint density at radius 3 is 1.82 bits per heavy atom. The highest BCUT2D eigenvalue weighted by molar-refractivity contribution is 6.25. The lowest BCUT2D eigenvalue weighted by molar-refractivity contribution is 0.183. The normalized spacial score (nSPS) is 18.6. The third-order valence-electron chi connectivity index (χ3n) is 8.69. The third kappa shape index (κ3) is 8.00. The van der Waals surface area contributed by atoms with E-state index in [0.717, 1.165) is 45.1 Å². The molecule has 0 radical (unpaired) electrons. The van der Waals surface area contributed by atoms with Gasteiger partial charge >= 0.3 is 0 Å². The van der Waals surface area contributed by atoms with Gasteiger partial charge in [-0.15, -0.1) is 23.2 Å². The van der Waals surface area contributed by atoms with Crippen molar-refractivity contribution in [3.05, 3.63) is 70.8 Å². The zero-order chi connectivity index (χ0) is 27.4. The fraction of sp³-hybridized carbons (Fsp3) is 0.618. The molecule has 2 aromatic carbocycles. The van der Waals surface area contributed by atoms with Crippen LogP contribution in [0.25, 0.3) is 0 Å². The molecule has 2 aliphatic carbocycles. The van der Waals surface area contributed by atoms with E-state index in [1.165, 1.54) is 80.7 Å². The van der Waals surface area contributed by atoms with E-state index in [1.54, 1.807) is 6.07 Å². The lowest BCUT2D eigenvalue weighted by Crippen LogP contribution is -2.37. The van der Waals surface area contributed by atoms with Crippen molar-refractivity contribution in [2.45, 2.75) is 120 Å². The molecule has 0 N–H and O–H groups in total. The molecule has 38 heavy (non-hydrogen) atoms. The first kappa shape index (κ1) is 31.0. The number of rotatable bonds is 12. The van der Waals surface area contributed by atoms with Crippen LogP contribution in [0, 0.1) is 11.3 Å². The van der Waals surface area contributed by atoms with Gasteiger partial charge in [-0.25, -0.2) is 0 Å². The van der Waals surface area contributed by atoms with Gasteiger partial charge in [-0.1, -0.05) is 88.1 Å². The summed E-state index contributed by atoms with van der Waals surface area (Å²) in [7, 11) is 0. The van der Waals surface area contributed by atoms with E-state index in [0.29, 0.717) is 6.04 Å². The van der Waals surface area contributed by atoms with Gasteiger partial charge in [0.05, 0.1) is 15.8 Å². The molecule has 0 heterocycles. The molecule has 208 valence electrons. The summed E-state index contributed by atoms with van der Waals surface area (Å²) in [5, 5.41) is 7.32. The third-order valence-corrected chi connectivity index (χ3v) is 9.85. The Hall–Kier alpha value is -1.53. The highest BCUT2D eigenvalue weighted by Crippen LogP contribution is 2.51. The summed E-state index contributed by atoms with van der Waals surface area (Å²) in [5.74, 6) is 0. The molecule has 2 nitrogen and oxygen atoms in total. The minimum atomic E-state index is -0.199. The van der Waals surface area contributed by atoms with Crippen molar-refractivity contribution in [1.29, 1.82) is 5.26 Å². The smallest absolute Gasteiger partial charge is 0.0697 e. The Kier molecular flexibility index (Phi) is 12.5. The summed E-state index contributed by atoms with van der Waals surface area (Å²) in [6.07, 6.45) is 15.1. The molecule has 0 amide bonds. The Morgan fingerprint density at radius 2 is 1.34 bits per heavy atom. The van der Waals surface area contributed by atoms with Crippen LogP contribution >= 0.6 is 23.2 Å². The van der Waals surface area contributed by atoms with Gasteiger partial charge in [0.2, 0.25) is 0 Å². The quantitative estimate of drug-likeness (QED) is 0.244. The van der Waals surface area contributed by atoms with E-state index >= 15 is 0 Å². The molecule has 1 unspecified atom stereocenters. The van der Waals surface area contributed by atoms with Gasteiger partial charge in [0, 0.05) is 19.5 Å². The summed E-state index contributed by atoms with van der Waals surface area (Å²) in [6.45, 7) is 8.40. The van der Waals surface area contributed by atoms with E-state index in [2.05, 4.69) is 67.3 Å². The van der Waals surface area contributed by atoms with Gasteiger partial charge in [0.1, 0.15) is 0 Å². The van der Waals surface area contributed by atoms with Crippen LogP contribution < -0.4 is 0 Å². The highest BCUT2D eigenvalue weighted by Gasteiger charge is 2.40. The van der Waals surface area contributed by atoms with E-state index in [1.807, 2.05) is 0 Å². The van der Waals surface area contributed by atoms with E-state index in [9.17, 15) is 0 Å². The largest absolute Gasteiger partial charge is 0.300 e. The average Bonchev–Trinajstić information content (AvgIpc) is 3.58. The van der Waals surface area contributed by atoms with Gasteiger partial charge in [0.15, 0.2) is 0 Å². The van der Waals surface area contributed by atoms with Crippen molar-refractivity contribution in [3.63, 3.8) is 0 Å². The number of hydrogen-bond acceptors (Lipinski definition) is 2. The molecule has 4 rings (SSSR count). The second kappa shape index (κ2) is 15.3. The minimum absolute atomic E-state index is 0.199. The number of nitriles is 1. The van der Waals surface area contributed by atoms with Gasteiger partial charge < -0.3 is 4.90 Å². The van der Waals surface area contributed by atoms with Crippen LogP contribution in [0.2, 0.25) is 0 Å². The first-order chi connectivity index (χ1) is 18.4. The summed E-state index contributed by atoms with van der Waals surface area (Å²) < 4.78 is 0. The number of nitrogens with zero attached hydrogens (tertiary/aromatic N) is 2. The van der Waals surface area contributed by atoms with E-state index < -0.39 is 0 Å². The molecule has 2 aliphatic rings. The summed E-state index contributed by atoms with van der Waals surface area (Å²) in [5.41, 5.74) is 5.70. The van der Waals surface area contributed by atoms with Crippen molar-refractivity contribution in [1.82, 2.24) is 4.90 Å². The van der Waals surface area contributed by atoms with Crippen LogP contribution in [0.3, 0.4) is 0 Å². The molecule has 0 spiro atoms. The lowest BCUT2D eigenvalue weighted by Gasteiger charge is -2.34. The predicted molar refractivity (Wildman–Crippen MR) is 164 cm³/mol. The first-order valence-corrected chi connectivity index (χ1v) is 15.8. The predicted octanol–water partition coefficient (Wildman–Crippen LogP) is 9.90. The molecular weight excluding hydrogens is 507 g/mol. The summed E-state index contributed by atoms with van der Waals surface area (Å²) in [4.78, 5) is 2.35. The zero-order valence-corrected chi connectivity index (χ0v) is 25.5. The van der Waals surface area contributed by atoms with Crippen molar-refractivity contribution in [2.24, 2.45) is 0 Å². The van der Waals surface area contributed by atoms with Crippen molar-refractivity contribution in [3.8, 4) is 6.07 Å². The van der Waals surface area contributed by atoms with Gasteiger partial charge in [-0.3, -0.25) is 0 Å². The van der Waals surface area contributed by atoms with Gasteiger partial charge in [0.25, 0.3) is 0 Å². The monoisotopic (exact) mass is 554 g/mol. The topological polar surface area (TPSA) is 27.0 Å². The molecule has 4 heteroatoms. The second-order valence-electron chi connectivity index (χ2n) is 11.3. The molecule has 2 aromatic rings. The number of alkyl halides is 2. The Labute approximate surface area is 242 Å². The summed E-state index contributed by atoms with van der Waals surface area (Å²) >= 11 is 14.7. The van der Waals surface area contributed by atoms with Crippen LogP contribution in [0.5, 0.6) is 0 Å². The molecule has 2 fully saturated rings. The van der Waals surface area contributed by atoms with Crippen LogP contribution in [0.4, 0.5) is 0 Å². The fourth-order valence-electron chi connectivity index (χ4n) is 6.74. The standard InChI is InChI=1S/C32H45Cl2N.C2H3N/c1-3-24-35(25-19-26-13-6-5-7-14-26)27(4-2)17-18-28-29(31(33)20-8-9-21-31)15-12-16-30(28)32(34)22-10-11-23-32;1-2-3/h5-7,12-16,27H,3-4,8-11,17-25H2,1-2H3;1H3. The minimum Gasteiger partial charge on any atom is -0.300 e. The molecule has 1 atom stereocenters. The number of hydrogen-bond donors (Lipinski definition) is 0. The Balaban J connectivity index is 0.00000127. The molecule has 2 saturated carbocycles. The first-order valence-electron chi connectivity index (χ1n) is 15.0. The van der Waals surface area contributed by atoms with Gasteiger partial charge in [-0.2, -0.15) is 5.26 Å². The molecule has 0 bridgehead atoms. The Bertz CT molecular complexity index is 961. The number of benzene rings is 2. The van der Waals surface area contributed by atoms with Crippen LogP contribution in [-0.4, -0.2) is 24.0 Å². The highest BCUT2D eigenvalue weighted by atomic mass is 35.5. The van der Waals surface area contributed by atoms with Crippen LogP contribution in [0.15, 0.2) is 48.5 Å². The molecular formula is C34H48Cl2N2. The summed E-state index contributed by atoms with van der Waals surface area (Å²) in [6, 6.07) is 20.2. The molecule has 0 aliphatic heterocycles. The van der Waals surface area contributed by atoms with Crippen LogP contribution in [-0.2, 0) is 22.6 Å². The van der Waals surface area contributed by atoms with Crippen molar-refractivity contribution >= 4 is 23.2 Å². The zero-order valence-electron chi connectivity index (χ0n) is 24.0. The second-order valence-corrected chi connectivity index (χ2v) is 12.7. The maximum atomic E-state index is 7.35. The Morgan fingerprint density at radius 1 is 0.816 bits per heavy atom. The van der Waals surface area contributed by atoms with Crippen molar-refractivity contribution < 1.29 is 0 Å². The van der Waals surface area contributed by atoms with Gasteiger partial charge in [-0.05, 0) is 86.6 Å². The SMILES string of the molecule is CC#N.CCCN(CCc1ccccc1)C(CC)CCc1c(C2(Cl)CCCC2)cccc1C1(Cl)CCCC1. The fourth-order valence-corrected chi connectivity index (χ4v) is 7.63. The van der Waals surface area contributed by atoms with E-state index in [4.69, 9.17) is 28.5 Å². The van der Waals surface area contributed by atoms with Crippen LogP contribution in [0.1, 0.15) is 114 Å². The maximum Gasteiger partial charge on any atom is 0.0697 e. The molecule has 0 aromatic heterocycles. The maximum absolute atomic E-state index is 7.35. The number of halogens is 2. The lowest BCUT2D eigenvalue weighted by atomic mass is 9.81. The van der Waals surface area contributed by atoms with Crippen molar-refractivity contribution in [2.75, 3.05) is 13.1 Å². The average molecular weight is 556 g/mol.